The predicted octanol–water partition coefficient (Wildman–Crippen LogP) is 4.78. The van der Waals surface area contributed by atoms with Crippen molar-refractivity contribution in [1.29, 1.82) is 0 Å². The van der Waals surface area contributed by atoms with E-state index in [-0.39, 0.29) is 5.82 Å². The van der Waals surface area contributed by atoms with Gasteiger partial charge in [-0.25, -0.2) is 14.4 Å². The Bertz CT molecular complexity index is 722. The van der Waals surface area contributed by atoms with E-state index in [2.05, 4.69) is 28.7 Å². The highest BCUT2D eigenvalue weighted by Gasteiger charge is 2.00. The summed E-state index contributed by atoms with van der Waals surface area (Å²) in [6.07, 6.45) is 11.3. The lowest BCUT2D eigenvalue weighted by Gasteiger charge is -1.98. The second-order valence-electron chi connectivity index (χ2n) is 5.29. The van der Waals surface area contributed by atoms with E-state index in [0.717, 1.165) is 37.1 Å². The third-order valence-corrected chi connectivity index (χ3v) is 3.34. The highest BCUT2D eigenvalue weighted by molar-refractivity contribution is 5.52. The molecule has 0 radical (unpaired) electrons. The number of hydrogen-bond acceptors (Lipinski definition) is 2. The molecule has 0 N–H and O–H groups in total. The Hall–Kier alpha value is -2.47. The van der Waals surface area contributed by atoms with Crippen LogP contribution in [0.2, 0.25) is 0 Å². The number of hydrogen-bond donors (Lipinski definition) is 0. The number of rotatable bonds is 5. The summed E-state index contributed by atoms with van der Waals surface area (Å²) in [5, 5.41) is 0. The Balaban J connectivity index is 2.10. The van der Waals surface area contributed by atoms with Gasteiger partial charge in [0.2, 0.25) is 0 Å². The monoisotopic (exact) mass is 308 g/mol. The summed E-state index contributed by atoms with van der Waals surface area (Å²) < 4.78 is 14.0. The zero-order valence-corrected chi connectivity index (χ0v) is 13.6. The Kier molecular flexibility index (Phi) is 6.50. The number of unbranched alkanes of at least 4 members (excludes halogenated alkanes) is 1. The molecule has 2 rings (SSSR count). The molecule has 0 bridgehead atoms. The van der Waals surface area contributed by atoms with E-state index in [0.29, 0.717) is 11.1 Å². The van der Waals surface area contributed by atoms with Crippen molar-refractivity contribution >= 4 is 6.08 Å². The van der Waals surface area contributed by atoms with Gasteiger partial charge in [-0.3, -0.25) is 0 Å². The summed E-state index contributed by atoms with van der Waals surface area (Å²) in [6, 6.07) is 5.07. The first kappa shape index (κ1) is 16.9. The maximum absolute atomic E-state index is 14.0. The normalized spacial score (nSPS) is 10.6. The lowest BCUT2D eigenvalue weighted by molar-refractivity contribution is 0.624. The van der Waals surface area contributed by atoms with E-state index >= 15 is 0 Å². The van der Waals surface area contributed by atoms with E-state index in [4.69, 9.17) is 0 Å². The number of aromatic nitrogens is 2. The number of benzene rings is 1. The summed E-state index contributed by atoms with van der Waals surface area (Å²) in [4.78, 5) is 8.56. The summed E-state index contributed by atoms with van der Waals surface area (Å²) >= 11 is 0. The Morgan fingerprint density at radius 2 is 1.91 bits per heavy atom. The SMILES string of the molecule is CCC=Cc1ccc(C#Cc2cnc(CCCC)nc2)c(F)c1. The van der Waals surface area contributed by atoms with Crippen LogP contribution in [0.3, 0.4) is 0 Å². The van der Waals surface area contributed by atoms with Crippen LogP contribution in [0.1, 0.15) is 55.6 Å². The topological polar surface area (TPSA) is 25.8 Å². The van der Waals surface area contributed by atoms with E-state index in [9.17, 15) is 4.39 Å². The van der Waals surface area contributed by atoms with Crippen LogP contribution < -0.4 is 0 Å². The molecule has 0 atom stereocenters. The third-order valence-electron chi connectivity index (χ3n) is 3.34. The number of halogens is 1. The van der Waals surface area contributed by atoms with Crippen molar-refractivity contribution in [3.05, 3.63) is 65.0 Å². The predicted molar refractivity (Wildman–Crippen MR) is 92.3 cm³/mol. The molecule has 1 aromatic heterocycles. The number of nitrogens with zero attached hydrogens (tertiary/aromatic N) is 2. The van der Waals surface area contributed by atoms with Crippen molar-refractivity contribution in [1.82, 2.24) is 9.97 Å². The summed E-state index contributed by atoms with van der Waals surface area (Å²) in [5.74, 6) is 6.28. The maximum atomic E-state index is 14.0. The first-order valence-electron chi connectivity index (χ1n) is 8.02. The van der Waals surface area contributed by atoms with Crippen molar-refractivity contribution in [3.63, 3.8) is 0 Å². The molecule has 0 aliphatic rings. The molecule has 23 heavy (non-hydrogen) atoms. The van der Waals surface area contributed by atoms with Crippen LogP contribution in [0.5, 0.6) is 0 Å². The van der Waals surface area contributed by atoms with Crippen LogP contribution in [0.25, 0.3) is 6.08 Å². The van der Waals surface area contributed by atoms with Gasteiger partial charge in [0, 0.05) is 18.8 Å². The number of aryl methyl sites for hydroxylation is 1. The molecule has 0 amide bonds. The van der Waals surface area contributed by atoms with Crippen LogP contribution in [0, 0.1) is 17.7 Å². The maximum Gasteiger partial charge on any atom is 0.139 e. The second kappa shape index (κ2) is 8.85. The van der Waals surface area contributed by atoms with Crippen LogP contribution >= 0.6 is 0 Å². The summed E-state index contributed by atoms with van der Waals surface area (Å²) in [7, 11) is 0. The van der Waals surface area contributed by atoms with Crippen molar-refractivity contribution in [2.24, 2.45) is 0 Å². The molecule has 2 aromatic rings. The fourth-order valence-electron chi connectivity index (χ4n) is 2.01. The highest BCUT2D eigenvalue weighted by Crippen LogP contribution is 2.11. The zero-order valence-electron chi connectivity index (χ0n) is 13.6. The first-order valence-corrected chi connectivity index (χ1v) is 8.02. The molecule has 3 heteroatoms. The summed E-state index contributed by atoms with van der Waals surface area (Å²) in [6.45, 7) is 4.18. The van der Waals surface area contributed by atoms with Gasteiger partial charge in [0.25, 0.3) is 0 Å². The lowest BCUT2D eigenvalue weighted by atomic mass is 10.1. The van der Waals surface area contributed by atoms with E-state index in [1.807, 2.05) is 25.1 Å². The molecule has 0 unspecified atom stereocenters. The molecule has 1 aromatic carbocycles. The first-order chi connectivity index (χ1) is 11.2. The fourth-order valence-corrected chi connectivity index (χ4v) is 2.01. The van der Waals surface area contributed by atoms with Gasteiger partial charge in [-0.05, 0) is 30.5 Å². The molecule has 0 aliphatic heterocycles. The van der Waals surface area contributed by atoms with Gasteiger partial charge in [0.05, 0.1) is 11.1 Å². The van der Waals surface area contributed by atoms with Crippen LogP contribution in [0.4, 0.5) is 4.39 Å². The molecule has 118 valence electrons. The minimum Gasteiger partial charge on any atom is -0.240 e. The smallest absolute Gasteiger partial charge is 0.139 e. The molecule has 0 spiro atoms. The Morgan fingerprint density at radius 1 is 1.13 bits per heavy atom. The van der Waals surface area contributed by atoms with Gasteiger partial charge in [-0.2, -0.15) is 0 Å². The van der Waals surface area contributed by atoms with E-state index < -0.39 is 0 Å². The van der Waals surface area contributed by atoms with Crippen molar-refractivity contribution in [2.45, 2.75) is 39.5 Å². The molecule has 0 saturated heterocycles. The average Bonchev–Trinajstić information content (AvgIpc) is 2.58. The van der Waals surface area contributed by atoms with E-state index in [1.165, 1.54) is 6.07 Å². The van der Waals surface area contributed by atoms with E-state index in [1.54, 1.807) is 18.5 Å². The molecule has 0 aliphatic carbocycles. The van der Waals surface area contributed by atoms with Gasteiger partial charge in [-0.15, -0.1) is 0 Å². The number of allylic oxidation sites excluding steroid dienone is 1. The largest absolute Gasteiger partial charge is 0.240 e. The highest BCUT2D eigenvalue weighted by atomic mass is 19.1. The molecule has 0 fully saturated rings. The molecule has 2 nitrogen and oxygen atoms in total. The van der Waals surface area contributed by atoms with Crippen molar-refractivity contribution < 1.29 is 4.39 Å². The zero-order chi connectivity index (χ0) is 16.5. The quantitative estimate of drug-likeness (QED) is 0.743. The third kappa shape index (κ3) is 5.34. The second-order valence-corrected chi connectivity index (χ2v) is 5.29. The molecule has 0 saturated carbocycles. The van der Waals surface area contributed by atoms with Crippen LogP contribution in [-0.4, -0.2) is 9.97 Å². The standard InChI is InChI=1S/C20H21FN2/c1-3-5-7-16-9-11-18(19(21)13-16)12-10-17-14-22-20(23-15-17)8-6-4-2/h5,7,9,11,13-15H,3-4,6,8H2,1-2H3. The molecular weight excluding hydrogens is 287 g/mol. The summed E-state index contributed by atoms with van der Waals surface area (Å²) in [5.41, 5.74) is 1.92. The average molecular weight is 308 g/mol. The van der Waals surface area contributed by atoms with Crippen molar-refractivity contribution in [2.75, 3.05) is 0 Å². The van der Waals surface area contributed by atoms with Crippen LogP contribution in [-0.2, 0) is 6.42 Å². The van der Waals surface area contributed by atoms with Crippen LogP contribution in [0.15, 0.2) is 36.7 Å². The van der Waals surface area contributed by atoms with Gasteiger partial charge in [0.15, 0.2) is 0 Å². The van der Waals surface area contributed by atoms with Crippen molar-refractivity contribution in [3.8, 4) is 11.8 Å². The van der Waals surface area contributed by atoms with Gasteiger partial charge < -0.3 is 0 Å². The molecule has 1 heterocycles. The van der Waals surface area contributed by atoms with Gasteiger partial charge in [-0.1, -0.05) is 50.3 Å². The minimum absolute atomic E-state index is 0.309. The fraction of sp³-hybridized carbons (Fsp3) is 0.300. The Labute approximate surface area is 137 Å². The lowest BCUT2D eigenvalue weighted by Crippen LogP contribution is -1.94. The Morgan fingerprint density at radius 3 is 2.57 bits per heavy atom. The van der Waals surface area contributed by atoms with Gasteiger partial charge >= 0.3 is 0 Å². The molecular formula is C20H21FN2. The van der Waals surface area contributed by atoms with Gasteiger partial charge in [0.1, 0.15) is 11.6 Å². The minimum atomic E-state index is -0.309.